The second-order valence-electron chi connectivity index (χ2n) is 5.94. The Morgan fingerprint density at radius 1 is 1.26 bits per heavy atom. The highest BCUT2D eigenvalue weighted by Crippen LogP contribution is 2.24. The van der Waals surface area contributed by atoms with E-state index in [0.29, 0.717) is 5.92 Å². The van der Waals surface area contributed by atoms with E-state index in [2.05, 4.69) is 42.6 Å². The molecule has 4 nitrogen and oxygen atoms in total. The summed E-state index contributed by atoms with van der Waals surface area (Å²) >= 11 is 0. The van der Waals surface area contributed by atoms with E-state index in [1.54, 1.807) is 0 Å². The fourth-order valence-corrected chi connectivity index (χ4v) is 2.84. The molecule has 106 valence electrons. The lowest BCUT2D eigenvalue weighted by Crippen LogP contribution is -2.34. The highest BCUT2D eigenvalue weighted by atomic mass is 16.3. The number of hydrogen-bond acceptors (Lipinski definition) is 4. The van der Waals surface area contributed by atoms with Gasteiger partial charge in [0.1, 0.15) is 0 Å². The molecule has 0 bridgehead atoms. The molecule has 0 aromatic carbocycles. The van der Waals surface area contributed by atoms with Crippen LogP contribution in [0.3, 0.4) is 0 Å². The van der Waals surface area contributed by atoms with Gasteiger partial charge in [-0.1, -0.05) is 13.8 Å². The van der Waals surface area contributed by atoms with Crippen LogP contribution in [0.1, 0.15) is 43.6 Å². The minimum atomic E-state index is 0.190. The van der Waals surface area contributed by atoms with Crippen LogP contribution < -0.4 is 4.90 Å². The molecule has 1 aromatic rings. The van der Waals surface area contributed by atoms with Crippen molar-refractivity contribution in [1.82, 2.24) is 9.97 Å². The quantitative estimate of drug-likeness (QED) is 0.905. The summed E-state index contributed by atoms with van der Waals surface area (Å²) in [7, 11) is 0. The Hall–Kier alpha value is -1.16. The molecule has 1 aromatic heterocycles. The SMILES string of the molecule is Cc1nc(N2CCC[C@@H]2CO)nc(C)c1CC(C)C. The van der Waals surface area contributed by atoms with Crippen LogP contribution in [-0.2, 0) is 6.42 Å². The summed E-state index contributed by atoms with van der Waals surface area (Å²) in [5.74, 6) is 1.41. The molecular weight excluding hydrogens is 238 g/mol. The zero-order chi connectivity index (χ0) is 14.0. The average Bonchev–Trinajstić information content (AvgIpc) is 2.81. The molecule has 0 aliphatic carbocycles. The van der Waals surface area contributed by atoms with Crippen molar-refractivity contribution in [1.29, 1.82) is 0 Å². The van der Waals surface area contributed by atoms with Crippen LogP contribution in [0, 0.1) is 19.8 Å². The van der Waals surface area contributed by atoms with Crippen molar-refractivity contribution in [2.45, 2.75) is 53.0 Å². The summed E-state index contributed by atoms with van der Waals surface area (Å²) in [6.45, 7) is 9.72. The Balaban J connectivity index is 2.29. The van der Waals surface area contributed by atoms with Gasteiger partial charge < -0.3 is 10.0 Å². The van der Waals surface area contributed by atoms with Crippen LogP contribution >= 0.6 is 0 Å². The first-order valence-corrected chi connectivity index (χ1v) is 7.24. The molecule has 0 unspecified atom stereocenters. The topological polar surface area (TPSA) is 49.2 Å². The first-order valence-electron chi connectivity index (χ1n) is 7.24. The lowest BCUT2D eigenvalue weighted by molar-refractivity contribution is 0.265. The number of hydrogen-bond donors (Lipinski definition) is 1. The number of rotatable bonds is 4. The molecule has 1 N–H and O–H groups in total. The van der Waals surface area contributed by atoms with E-state index < -0.39 is 0 Å². The van der Waals surface area contributed by atoms with Gasteiger partial charge in [0, 0.05) is 17.9 Å². The van der Waals surface area contributed by atoms with Crippen molar-refractivity contribution in [2.24, 2.45) is 5.92 Å². The second-order valence-corrected chi connectivity index (χ2v) is 5.94. The summed E-state index contributed by atoms with van der Waals surface area (Å²) in [6.07, 6.45) is 3.17. The zero-order valence-electron chi connectivity index (χ0n) is 12.5. The largest absolute Gasteiger partial charge is 0.394 e. The maximum atomic E-state index is 9.41. The van der Waals surface area contributed by atoms with Crippen LogP contribution in [0.5, 0.6) is 0 Å². The third kappa shape index (κ3) is 3.06. The van der Waals surface area contributed by atoms with Gasteiger partial charge in [-0.3, -0.25) is 0 Å². The molecule has 2 heterocycles. The van der Waals surface area contributed by atoms with Crippen molar-refractivity contribution in [3.63, 3.8) is 0 Å². The summed E-state index contributed by atoms with van der Waals surface area (Å²) in [5, 5.41) is 9.41. The smallest absolute Gasteiger partial charge is 0.226 e. The predicted molar refractivity (Wildman–Crippen MR) is 77.5 cm³/mol. The number of aliphatic hydroxyl groups is 1. The van der Waals surface area contributed by atoms with Crippen molar-refractivity contribution < 1.29 is 5.11 Å². The van der Waals surface area contributed by atoms with Crippen molar-refractivity contribution in [3.05, 3.63) is 17.0 Å². The Morgan fingerprint density at radius 3 is 2.42 bits per heavy atom. The number of nitrogens with zero attached hydrogens (tertiary/aromatic N) is 3. The fourth-order valence-electron chi connectivity index (χ4n) is 2.84. The third-order valence-electron chi connectivity index (χ3n) is 3.87. The molecule has 0 spiro atoms. The standard InChI is InChI=1S/C15H25N3O/c1-10(2)8-14-11(3)16-15(17-12(14)4)18-7-5-6-13(18)9-19/h10,13,19H,5-9H2,1-4H3/t13-/m1/s1. The molecule has 1 atom stereocenters. The number of aliphatic hydroxyl groups excluding tert-OH is 1. The van der Waals surface area contributed by atoms with Crippen LogP contribution in [0.25, 0.3) is 0 Å². The Labute approximate surface area is 115 Å². The molecule has 4 heteroatoms. The highest BCUT2D eigenvalue weighted by Gasteiger charge is 2.26. The lowest BCUT2D eigenvalue weighted by atomic mass is 10.0. The van der Waals surface area contributed by atoms with E-state index in [0.717, 1.165) is 43.1 Å². The maximum Gasteiger partial charge on any atom is 0.226 e. The fraction of sp³-hybridized carbons (Fsp3) is 0.733. The molecule has 2 rings (SSSR count). The molecule has 1 fully saturated rings. The molecule has 1 saturated heterocycles. The highest BCUT2D eigenvalue weighted by molar-refractivity contribution is 5.39. The van der Waals surface area contributed by atoms with Crippen LogP contribution in [-0.4, -0.2) is 34.3 Å². The molecule has 0 saturated carbocycles. The Bertz CT molecular complexity index is 422. The predicted octanol–water partition coefficient (Wildman–Crippen LogP) is 2.25. The first kappa shape index (κ1) is 14.3. The molecule has 0 radical (unpaired) electrons. The van der Waals surface area contributed by atoms with Crippen LogP contribution in [0.4, 0.5) is 5.95 Å². The van der Waals surface area contributed by atoms with Crippen molar-refractivity contribution in [2.75, 3.05) is 18.1 Å². The minimum Gasteiger partial charge on any atom is -0.394 e. The van der Waals surface area contributed by atoms with E-state index in [1.165, 1.54) is 5.56 Å². The van der Waals surface area contributed by atoms with Crippen molar-refractivity contribution in [3.8, 4) is 0 Å². The number of aromatic nitrogens is 2. The van der Waals surface area contributed by atoms with Gasteiger partial charge in [0.2, 0.25) is 5.95 Å². The van der Waals surface area contributed by atoms with Gasteiger partial charge in [0.15, 0.2) is 0 Å². The van der Waals surface area contributed by atoms with E-state index >= 15 is 0 Å². The monoisotopic (exact) mass is 263 g/mol. The molecule has 0 amide bonds. The van der Waals surface area contributed by atoms with E-state index in [1.807, 2.05) is 0 Å². The summed E-state index contributed by atoms with van der Waals surface area (Å²) in [4.78, 5) is 11.5. The molecule has 19 heavy (non-hydrogen) atoms. The minimum absolute atomic E-state index is 0.190. The first-order chi connectivity index (χ1) is 9.02. The van der Waals surface area contributed by atoms with Gasteiger partial charge >= 0.3 is 0 Å². The normalized spacial score (nSPS) is 19.5. The van der Waals surface area contributed by atoms with Gasteiger partial charge in [0.05, 0.1) is 12.6 Å². The zero-order valence-corrected chi connectivity index (χ0v) is 12.5. The van der Waals surface area contributed by atoms with Gasteiger partial charge in [0.25, 0.3) is 0 Å². The third-order valence-corrected chi connectivity index (χ3v) is 3.87. The summed E-state index contributed by atoms with van der Waals surface area (Å²) in [5.41, 5.74) is 3.44. The summed E-state index contributed by atoms with van der Waals surface area (Å²) in [6, 6.07) is 0.190. The van der Waals surface area contributed by atoms with E-state index in [4.69, 9.17) is 0 Å². The van der Waals surface area contributed by atoms with Gasteiger partial charge in [-0.2, -0.15) is 0 Å². The number of aryl methyl sites for hydroxylation is 2. The molecule has 1 aliphatic rings. The van der Waals surface area contributed by atoms with Gasteiger partial charge in [-0.15, -0.1) is 0 Å². The number of anilines is 1. The molecule has 1 aliphatic heterocycles. The average molecular weight is 263 g/mol. The maximum absolute atomic E-state index is 9.41. The Kier molecular flexibility index (Phi) is 4.40. The second kappa shape index (κ2) is 5.87. The van der Waals surface area contributed by atoms with Crippen LogP contribution in [0.2, 0.25) is 0 Å². The lowest BCUT2D eigenvalue weighted by Gasteiger charge is -2.24. The van der Waals surface area contributed by atoms with Gasteiger partial charge in [-0.05, 0) is 44.6 Å². The van der Waals surface area contributed by atoms with Crippen LogP contribution in [0.15, 0.2) is 0 Å². The van der Waals surface area contributed by atoms with Gasteiger partial charge in [-0.25, -0.2) is 9.97 Å². The Morgan fingerprint density at radius 2 is 1.89 bits per heavy atom. The summed E-state index contributed by atoms with van der Waals surface area (Å²) < 4.78 is 0. The van der Waals surface area contributed by atoms with Crippen molar-refractivity contribution >= 4 is 5.95 Å². The van der Waals surface area contributed by atoms with E-state index in [-0.39, 0.29) is 12.6 Å². The molecular formula is C15H25N3O. The van der Waals surface area contributed by atoms with E-state index in [9.17, 15) is 5.11 Å².